The smallest absolute Gasteiger partial charge is 0.244 e. The lowest BCUT2D eigenvalue weighted by atomic mass is 9.48. The van der Waals surface area contributed by atoms with Crippen molar-refractivity contribution in [2.45, 2.75) is 50.5 Å². The summed E-state index contributed by atoms with van der Waals surface area (Å²) >= 11 is 3.75. The van der Waals surface area contributed by atoms with Gasteiger partial charge in [-0.15, -0.1) is 0 Å². The Balaban J connectivity index is 1.15. The van der Waals surface area contributed by atoms with Gasteiger partial charge in [0, 0.05) is 4.47 Å². The number of benzene rings is 2. The first kappa shape index (κ1) is 22.0. The van der Waals surface area contributed by atoms with Crippen LogP contribution in [0, 0.1) is 17.8 Å². The van der Waals surface area contributed by atoms with Gasteiger partial charge in [-0.05, 0) is 118 Å². The highest BCUT2D eigenvalue weighted by Gasteiger charge is 2.51. The van der Waals surface area contributed by atoms with E-state index < -0.39 is 0 Å². The Kier molecular flexibility index (Phi) is 4.99. The summed E-state index contributed by atoms with van der Waals surface area (Å²) in [5.74, 6) is 3.08. The van der Waals surface area contributed by atoms with Gasteiger partial charge in [-0.1, -0.05) is 18.2 Å². The molecule has 4 fully saturated rings. The van der Waals surface area contributed by atoms with E-state index in [1.807, 2.05) is 30.3 Å². The van der Waals surface area contributed by atoms with Crippen molar-refractivity contribution in [3.8, 4) is 11.5 Å². The average Bonchev–Trinajstić information content (AvgIpc) is 3.42. The molecule has 4 aliphatic carbocycles. The highest BCUT2D eigenvalue weighted by Crippen LogP contribution is 2.61. The monoisotopic (exact) mass is 546 g/mol. The molecule has 0 aliphatic heterocycles. The number of fused-ring (bicyclic) bond motifs is 1. The molecule has 2 heterocycles. The highest BCUT2D eigenvalue weighted by atomic mass is 79.9. The van der Waals surface area contributed by atoms with Crippen LogP contribution in [0.1, 0.15) is 44.1 Å². The minimum Gasteiger partial charge on any atom is -0.379 e. The maximum Gasteiger partial charge on any atom is 0.244 e. The molecule has 4 bridgehead atoms. The Bertz CT molecular complexity index is 1460. The van der Waals surface area contributed by atoms with Gasteiger partial charge in [0.2, 0.25) is 5.91 Å². The summed E-state index contributed by atoms with van der Waals surface area (Å²) in [5, 5.41) is 10.6. The number of nitrogens with zero attached hydrogens (tertiary/aromatic N) is 4. The molecule has 1 amide bonds. The van der Waals surface area contributed by atoms with Crippen LogP contribution >= 0.6 is 15.9 Å². The van der Waals surface area contributed by atoms with Crippen LogP contribution in [0.2, 0.25) is 0 Å². The van der Waals surface area contributed by atoms with Crippen molar-refractivity contribution in [1.82, 2.24) is 19.9 Å². The van der Waals surface area contributed by atoms with E-state index >= 15 is 0 Å². The fourth-order valence-corrected chi connectivity index (χ4v) is 7.99. The predicted octanol–water partition coefficient (Wildman–Crippen LogP) is 5.54. The van der Waals surface area contributed by atoms with Crippen LogP contribution in [0.4, 0.5) is 11.5 Å². The summed E-state index contributed by atoms with van der Waals surface area (Å²) in [6.07, 6.45) is 8.22. The standard InChI is InChI=1S/C27H27BrN6O2/c28-19-10-18(27-11-15-7-16(12-27)9-17(8-15)13-27)5-6-20(19)30-23(35)14-34-22-4-2-1-3-21(22)31-26(34)24-25(29)33-36-32-24/h1-6,10,15-17H,7-9,11-14H2,(H2,29,33)(H,30,35). The largest absolute Gasteiger partial charge is 0.379 e. The van der Waals surface area contributed by atoms with Crippen molar-refractivity contribution < 1.29 is 9.42 Å². The quantitative estimate of drug-likeness (QED) is 0.340. The number of anilines is 2. The zero-order valence-corrected chi connectivity index (χ0v) is 21.4. The summed E-state index contributed by atoms with van der Waals surface area (Å²) in [4.78, 5) is 17.8. The molecule has 0 radical (unpaired) electrons. The normalized spacial score (nSPS) is 26.5. The summed E-state index contributed by atoms with van der Waals surface area (Å²) in [6.45, 7) is 0.0469. The Morgan fingerprint density at radius 2 is 1.81 bits per heavy atom. The van der Waals surface area contributed by atoms with Gasteiger partial charge < -0.3 is 15.6 Å². The zero-order valence-electron chi connectivity index (χ0n) is 19.8. The number of nitrogens with one attached hydrogen (secondary N) is 1. The molecule has 9 heteroatoms. The molecule has 2 aromatic carbocycles. The van der Waals surface area contributed by atoms with Gasteiger partial charge in [0.05, 0.1) is 16.7 Å². The van der Waals surface area contributed by atoms with Gasteiger partial charge in [0.1, 0.15) is 6.54 Å². The molecule has 0 saturated heterocycles. The second kappa shape index (κ2) is 8.16. The van der Waals surface area contributed by atoms with E-state index in [9.17, 15) is 4.79 Å². The molecule has 4 aromatic rings. The van der Waals surface area contributed by atoms with E-state index in [1.165, 1.54) is 44.1 Å². The van der Waals surface area contributed by atoms with Crippen LogP contribution < -0.4 is 11.1 Å². The number of nitrogens with two attached hydrogens (primary N) is 1. The molecule has 36 heavy (non-hydrogen) atoms. The minimum absolute atomic E-state index is 0.0469. The van der Waals surface area contributed by atoms with E-state index in [0.717, 1.165) is 38.9 Å². The van der Waals surface area contributed by atoms with E-state index in [2.05, 4.69) is 48.7 Å². The fourth-order valence-electron chi connectivity index (χ4n) is 7.51. The van der Waals surface area contributed by atoms with Crippen molar-refractivity contribution in [2.24, 2.45) is 17.8 Å². The van der Waals surface area contributed by atoms with Gasteiger partial charge in [0.15, 0.2) is 17.3 Å². The number of carbonyl (C=O) groups is 1. The summed E-state index contributed by atoms with van der Waals surface area (Å²) in [6, 6.07) is 14.1. The number of para-hydroxylation sites is 2. The molecule has 8 nitrogen and oxygen atoms in total. The molecular formula is C27H27BrN6O2. The number of aromatic nitrogens is 4. The average molecular weight is 547 g/mol. The first-order valence-corrected chi connectivity index (χ1v) is 13.4. The Morgan fingerprint density at radius 1 is 1.08 bits per heavy atom. The van der Waals surface area contributed by atoms with Gasteiger partial charge in [-0.25, -0.2) is 9.61 Å². The lowest BCUT2D eigenvalue weighted by Gasteiger charge is -2.57. The van der Waals surface area contributed by atoms with Gasteiger partial charge in [0.25, 0.3) is 0 Å². The maximum absolute atomic E-state index is 13.2. The van der Waals surface area contributed by atoms with Crippen molar-refractivity contribution >= 4 is 44.4 Å². The first-order valence-electron chi connectivity index (χ1n) is 12.6. The number of halogens is 1. The molecule has 0 spiro atoms. The third kappa shape index (κ3) is 3.55. The van der Waals surface area contributed by atoms with Crippen molar-refractivity contribution in [2.75, 3.05) is 11.1 Å². The Labute approximate surface area is 216 Å². The van der Waals surface area contributed by atoms with Crippen molar-refractivity contribution in [3.05, 3.63) is 52.5 Å². The minimum atomic E-state index is -0.169. The second-order valence-corrected chi connectivity index (χ2v) is 11.8. The zero-order chi connectivity index (χ0) is 24.4. The number of rotatable bonds is 5. The number of hydrogen-bond donors (Lipinski definition) is 2. The molecule has 4 saturated carbocycles. The number of imidazole rings is 1. The van der Waals surface area contributed by atoms with E-state index in [4.69, 9.17) is 10.4 Å². The molecule has 184 valence electrons. The fraction of sp³-hybridized carbons (Fsp3) is 0.407. The summed E-state index contributed by atoms with van der Waals surface area (Å²) in [7, 11) is 0. The van der Waals surface area contributed by atoms with Gasteiger partial charge >= 0.3 is 0 Å². The number of hydrogen-bond acceptors (Lipinski definition) is 6. The van der Waals surface area contributed by atoms with Gasteiger partial charge in [-0.3, -0.25) is 4.79 Å². The van der Waals surface area contributed by atoms with E-state index in [0.29, 0.717) is 16.9 Å². The predicted molar refractivity (Wildman–Crippen MR) is 140 cm³/mol. The molecular weight excluding hydrogens is 520 g/mol. The second-order valence-electron chi connectivity index (χ2n) is 10.9. The Hall–Kier alpha value is -3.20. The van der Waals surface area contributed by atoms with Crippen LogP contribution in [0.25, 0.3) is 22.6 Å². The number of nitrogen functional groups attached to an aromatic ring is 1. The number of carbonyl (C=O) groups excluding carboxylic acids is 1. The lowest BCUT2D eigenvalue weighted by Crippen LogP contribution is -2.48. The van der Waals surface area contributed by atoms with Crippen molar-refractivity contribution in [1.29, 1.82) is 0 Å². The van der Waals surface area contributed by atoms with Crippen LogP contribution in [-0.2, 0) is 16.8 Å². The molecule has 0 atom stereocenters. The van der Waals surface area contributed by atoms with Gasteiger partial charge in [-0.2, -0.15) is 0 Å². The first-order chi connectivity index (χ1) is 17.5. The third-order valence-electron chi connectivity index (χ3n) is 8.58. The number of amides is 1. The van der Waals surface area contributed by atoms with Crippen LogP contribution in [-0.4, -0.2) is 25.8 Å². The molecule has 8 rings (SSSR count). The lowest BCUT2D eigenvalue weighted by molar-refractivity contribution is -0.116. The molecule has 4 aliphatic rings. The Morgan fingerprint density at radius 3 is 2.47 bits per heavy atom. The SMILES string of the molecule is Nc1nonc1-c1nc2ccccc2n1CC(=O)Nc1ccc(C23CC4CC(CC(C4)C2)C3)cc1Br. The third-order valence-corrected chi connectivity index (χ3v) is 9.23. The van der Waals surface area contributed by atoms with Crippen LogP contribution in [0.3, 0.4) is 0 Å². The highest BCUT2D eigenvalue weighted by molar-refractivity contribution is 9.10. The van der Waals surface area contributed by atoms with E-state index in [1.54, 1.807) is 4.57 Å². The summed E-state index contributed by atoms with van der Waals surface area (Å²) in [5.41, 5.74) is 10.3. The van der Waals surface area contributed by atoms with Crippen LogP contribution in [0.15, 0.2) is 51.6 Å². The van der Waals surface area contributed by atoms with Crippen LogP contribution in [0.5, 0.6) is 0 Å². The maximum atomic E-state index is 13.2. The topological polar surface area (TPSA) is 112 Å². The summed E-state index contributed by atoms with van der Waals surface area (Å²) < 4.78 is 7.49. The van der Waals surface area contributed by atoms with Crippen molar-refractivity contribution in [3.63, 3.8) is 0 Å². The van der Waals surface area contributed by atoms with E-state index in [-0.39, 0.29) is 18.3 Å². The molecule has 3 N–H and O–H groups in total. The molecule has 0 unspecified atom stereocenters. The molecule has 2 aromatic heterocycles.